The molecule has 4 rings (SSSR count). The third-order valence-electron chi connectivity index (χ3n) is 5.74. The molecule has 0 aliphatic carbocycles. The number of carbonyl (C=O) groups is 1. The van der Waals surface area contributed by atoms with E-state index < -0.39 is 0 Å². The summed E-state index contributed by atoms with van der Waals surface area (Å²) in [6.45, 7) is 9.21. The molecule has 0 saturated carbocycles. The molecule has 6 heteroatoms. The van der Waals surface area contributed by atoms with E-state index in [0.717, 1.165) is 55.6 Å². The summed E-state index contributed by atoms with van der Waals surface area (Å²) in [6, 6.07) is 15.9. The van der Waals surface area contributed by atoms with Crippen molar-refractivity contribution in [1.29, 1.82) is 0 Å². The van der Waals surface area contributed by atoms with Crippen molar-refractivity contribution in [2.24, 2.45) is 0 Å². The Hall–Kier alpha value is -2.96. The van der Waals surface area contributed by atoms with Crippen molar-refractivity contribution in [1.82, 2.24) is 19.4 Å². The molecule has 1 amide bonds. The fraction of sp³-hybridized carbons (Fsp3) is 0.333. The minimum atomic E-state index is -0.0953. The van der Waals surface area contributed by atoms with Crippen molar-refractivity contribution in [3.8, 4) is 5.82 Å². The number of nitrogens with one attached hydrogen (secondary N) is 1. The molecular weight excluding hydrogens is 374 g/mol. The number of piperazine rings is 1. The molecule has 0 spiro atoms. The quantitative estimate of drug-likeness (QED) is 0.709. The van der Waals surface area contributed by atoms with Gasteiger partial charge in [-0.15, -0.1) is 0 Å². The number of benzene rings is 1. The van der Waals surface area contributed by atoms with Crippen LogP contribution in [0.2, 0.25) is 0 Å². The van der Waals surface area contributed by atoms with E-state index in [0.29, 0.717) is 5.56 Å². The van der Waals surface area contributed by atoms with Crippen LogP contribution in [-0.2, 0) is 6.54 Å². The van der Waals surface area contributed by atoms with E-state index in [1.165, 1.54) is 5.56 Å². The highest BCUT2D eigenvalue weighted by molar-refractivity contribution is 6.05. The van der Waals surface area contributed by atoms with E-state index in [2.05, 4.69) is 39.3 Å². The Labute approximate surface area is 178 Å². The molecule has 1 N–H and O–H groups in total. The molecule has 30 heavy (non-hydrogen) atoms. The van der Waals surface area contributed by atoms with Crippen LogP contribution in [0.5, 0.6) is 0 Å². The number of aromatic nitrogens is 2. The molecule has 1 aliphatic rings. The van der Waals surface area contributed by atoms with E-state index in [1.807, 2.05) is 54.8 Å². The van der Waals surface area contributed by atoms with Gasteiger partial charge in [-0.3, -0.25) is 9.69 Å². The van der Waals surface area contributed by atoms with Gasteiger partial charge in [-0.05, 0) is 56.8 Å². The smallest absolute Gasteiger partial charge is 0.257 e. The van der Waals surface area contributed by atoms with E-state index >= 15 is 0 Å². The molecule has 0 unspecified atom stereocenters. The zero-order valence-corrected chi connectivity index (χ0v) is 17.9. The van der Waals surface area contributed by atoms with E-state index in [1.54, 1.807) is 6.20 Å². The lowest BCUT2D eigenvalue weighted by Gasteiger charge is -2.32. The molecule has 0 atom stereocenters. The summed E-state index contributed by atoms with van der Waals surface area (Å²) >= 11 is 0. The molecule has 0 radical (unpaired) electrons. The Morgan fingerprint density at radius 2 is 1.83 bits per heavy atom. The predicted molar refractivity (Wildman–Crippen MR) is 120 cm³/mol. The van der Waals surface area contributed by atoms with Gasteiger partial charge in [0.25, 0.3) is 5.91 Å². The highest BCUT2D eigenvalue weighted by atomic mass is 16.1. The topological polar surface area (TPSA) is 53.4 Å². The number of pyridine rings is 1. The number of rotatable bonds is 5. The number of aryl methyl sites for hydroxylation is 1. The summed E-state index contributed by atoms with van der Waals surface area (Å²) < 4.78 is 2.01. The SMILES string of the molecule is Cc1cc(C(=O)Nc2cccc(CN3CCN(C)CC3)c2)c(C)n1-c1ccccn1. The second kappa shape index (κ2) is 8.81. The van der Waals surface area contributed by atoms with Gasteiger partial charge in [0.15, 0.2) is 0 Å². The monoisotopic (exact) mass is 403 g/mol. The molecule has 1 aliphatic heterocycles. The summed E-state index contributed by atoms with van der Waals surface area (Å²) in [6.07, 6.45) is 1.76. The highest BCUT2D eigenvalue weighted by Gasteiger charge is 2.18. The Bertz CT molecular complexity index is 1020. The zero-order valence-electron chi connectivity index (χ0n) is 17.9. The van der Waals surface area contributed by atoms with Gasteiger partial charge >= 0.3 is 0 Å². The predicted octanol–water partition coefficient (Wildman–Crippen LogP) is 3.49. The maximum absolute atomic E-state index is 13.0. The average Bonchev–Trinajstić information content (AvgIpc) is 3.05. The normalized spacial score (nSPS) is 15.3. The zero-order chi connectivity index (χ0) is 21.1. The molecule has 1 saturated heterocycles. The lowest BCUT2D eigenvalue weighted by Crippen LogP contribution is -2.43. The first-order chi connectivity index (χ1) is 14.5. The van der Waals surface area contributed by atoms with Crippen molar-refractivity contribution in [3.63, 3.8) is 0 Å². The molecule has 2 aromatic heterocycles. The van der Waals surface area contributed by atoms with Crippen LogP contribution in [0.4, 0.5) is 5.69 Å². The first-order valence-electron chi connectivity index (χ1n) is 10.4. The molecule has 3 aromatic rings. The summed E-state index contributed by atoms with van der Waals surface area (Å²) in [5.41, 5.74) is 4.59. The van der Waals surface area contributed by atoms with Gasteiger partial charge in [-0.1, -0.05) is 18.2 Å². The van der Waals surface area contributed by atoms with Crippen molar-refractivity contribution < 1.29 is 4.79 Å². The van der Waals surface area contributed by atoms with Crippen LogP contribution < -0.4 is 5.32 Å². The largest absolute Gasteiger partial charge is 0.322 e. The highest BCUT2D eigenvalue weighted by Crippen LogP contribution is 2.21. The van der Waals surface area contributed by atoms with Gasteiger partial charge < -0.3 is 14.8 Å². The number of nitrogens with zero attached hydrogens (tertiary/aromatic N) is 4. The standard InChI is InChI=1S/C24H29N5O/c1-18-15-22(19(2)29(18)23-9-4-5-10-25-23)24(30)26-21-8-6-7-20(16-21)17-28-13-11-27(3)12-14-28/h4-10,15-16H,11-14,17H2,1-3H3,(H,26,30). The van der Waals surface area contributed by atoms with Crippen molar-refractivity contribution in [2.45, 2.75) is 20.4 Å². The number of hydrogen-bond acceptors (Lipinski definition) is 4. The van der Waals surface area contributed by atoms with Crippen LogP contribution >= 0.6 is 0 Å². The number of hydrogen-bond donors (Lipinski definition) is 1. The van der Waals surface area contributed by atoms with E-state index in [-0.39, 0.29) is 5.91 Å². The second-order valence-corrected chi connectivity index (χ2v) is 8.04. The first kappa shape index (κ1) is 20.3. The number of amides is 1. The van der Waals surface area contributed by atoms with Gasteiger partial charge in [0.05, 0.1) is 5.56 Å². The number of carbonyl (C=O) groups excluding carboxylic acids is 1. The third kappa shape index (κ3) is 4.45. The lowest BCUT2D eigenvalue weighted by molar-refractivity contribution is 0.102. The molecule has 0 bridgehead atoms. The third-order valence-corrected chi connectivity index (χ3v) is 5.74. The Balaban J connectivity index is 1.48. The molecule has 1 fully saturated rings. The maximum Gasteiger partial charge on any atom is 0.257 e. The minimum Gasteiger partial charge on any atom is -0.322 e. The van der Waals surface area contributed by atoms with Crippen LogP contribution in [-0.4, -0.2) is 58.5 Å². The molecule has 6 nitrogen and oxygen atoms in total. The van der Waals surface area contributed by atoms with Crippen LogP contribution in [0.1, 0.15) is 27.3 Å². The molecule has 156 valence electrons. The van der Waals surface area contributed by atoms with Crippen molar-refractivity contribution in [2.75, 3.05) is 38.5 Å². The van der Waals surface area contributed by atoms with Crippen LogP contribution in [0.3, 0.4) is 0 Å². The Kier molecular flexibility index (Phi) is 5.97. The van der Waals surface area contributed by atoms with Crippen LogP contribution in [0.15, 0.2) is 54.7 Å². The van der Waals surface area contributed by atoms with E-state index in [9.17, 15) is 4.79 Å². The lowest BCUT2D eigenvalue weighted by atomic mass is 10.1. The number of anilines is 1. The first-order valence-corrected chi connectivity index (χ1v) is 10.4. The Morgan fingerprint density at radius 3 is 2.57 bits per heavy atom. The van der Waals surface area contributed by atoms with Crippen LogP contribution in [0, 0.1) is 13.8 Å². The molecule has 3 heterocycles. The summed E-state index contributed by atoms with van der Waals surface area (Å²) in [7, 11) is 2.17. The van der Waals surface area contributed by atoms with Gasteiger partial charge in [0.1, 0.15) is 5.82 Å². The van der Waals surface area contributed by atoms with Crippen molar-refractivity contribution >= 4 is 11.6 Å². The van der Waals surface area contributed by atoms with Gasteiger partial charge in [0.2, 0.25) is 0 Å². The summed E-state index contributed by atoms with van der Waals surface area (Å²) in [5, 5.41) is 3.08. The fourth-order valence-electron chi connectivity index (χ4n) is 4.04. The second-order valence-electron chi connectivity index (χ2n) is 8.04. The average molecular weight is 404 g/mol. The van der Waals surface area contributed by atoms with Gasteiger partial charge in [0, 0.05) is 56.0 Å². The number of likely N-dealkylation sites (N-methyl/N-ethyl adjacent to an activating group) is 1. The van der Waals surface area contributed by atoms with Gasteiger partial charge in [-0.2, -0.15) is 0 Å². The van der Waals surface area contributed by atoms with Gasteiger partial charge in [-0.25, -0.2) is 4.98 Å². The van der Waals surface area contributed by atoms with Crippen LogP contribution in [0.25, 0.3) is 5.82 Å². The Morgan fingerprint density at radius 1 is 1.03 bits per heavy atom. The molecular formula is C24H29N5O. The maximum atomic E-state index is 13.0. The summed E-state index contributed by atoms with van der Waals surface area (Å²) in [4.78, 5) is 22.2. The van der Waals surface area contributed by atoms with Crippen molar-refractivity contribution in [3.05, 3.63) is 77.2 Å². The fourth-order valence-corrected chi connectivity index (χ4v) is 4.04. The minimum absolute atomic E-state index is 0.0953. The molecule has 1 aromatic carbocycles. The summed E-state index contributed by atoms with van der Waals surface area (Å²) in [5.74, 6) is 0.725. The van der Waals surface area contributed by atoms with E-state index in [4.69, 9.17) is 0 Å².